The fourth-order valence-electron chi connectivity index (χ4n) is 1.82. The van der Waals surface area contributed by atoms with Crippen molar-refractivity contribution in [2.75, 3.05) is 0 Å². The van der Waals surface area contributed by atoms with Crippen LogP contribution in [0.3, 0.4) is 0 Å². The number of nitro benzene ring substituents is 1. The highest BCUT2D eigenvalue weighted by Gasteiger charge is 2.34. The zero-order valence-electron chi connectivity index (χ0n) is 9.89. The molecular formula is C13H8F3NO3. The summed E-state index contributed by atoms with van der Waals surface area (Å²) in [6, 6.07) is 7.52. The summed E-state index contributed by atoms with van der Waals surface area (Å²) in [6.07, 6.45) is -4.62. The third-order valence-electron chi connectivity index (χ3n) is 2.71. The largest absolute Gasteiger partial charge is 0.507 e. The maximum Gasteiger partial charge on any atom is 0.417 e. The van der Waals surface area contributed by atoms with Gasteiger partial charge in [0.2, 0.25) is 0 Å². The molecule has 1 N–H and O–H groups in total. The van der Waals surface area contributed by atoms with Gasteiger partial charge in [0.1, 0.15) is 5.75 Å². The van der Waals surface area contributed by atoms with Crippen LogP contribution in [0.2, 0.25) is 0 Å². The third kappa shape index (κ3) is 2.56. The van der Waals surface area contributed by atoms with Crippen molar-refractivity contribution < 1.29 is 23.2 Å². The molecule has 0 unspecified atom stereocenters. The lowest BCUT2D eigenvalue weighted by Gasteiger charge is -2.13. The Balaban J connectivity index is 2.69. The summed E-state index contributed by atoms with van der Waals surface area (Å²) in [6.45, 7) is 0. The fraction of sp³-hybridized carbons (Fsp3) is 0.0769. The van der Waals surface area contributed by atoms with Gasteiger partial charge >= 0.3 is 6.18 Å². The van der Waals surface area contributed by atoms with E-state index in [2.05, 4.69) is 0 Å². The van der Waals surface area contributed by atoms with Crippen LogP contribution in [0.4, 0.5) is 18.9 Å². The van der Waals surface area contributed by atoms with Crippen LogP contribution in [-0.4, -0.2) is 10.0 Å². The summed E-state index contributed by atoms with van der Waals surface area (Å²) in [4.78, 5) is 9.94. The van der Waals surface area contributed by atoms with Gasteiger partial charge < -0.3 is 5.11 Å². The lowest BCUT2D eigenvalue weighted by atomic mass is 9.98. The highest BCUT2D eigenvalue weighted by Crippen LogP contribution is 2.40. The van der Waals surface area contributed by atoms with Gasteiger partial charge in [0.15, 0.2) is 0 Å². The van der Waals surface area contributed by atoms with E-state index in [1.54, 1.807) is 0 Å². The minimum Gasteiger partial charge on any atom is -0.507 e. The Morgan fingerprint density at radius 1 is 1.05 bits per heavy atom. The Hall–Kier alpha value is -2.57. The monoisotopic (exact) mass is 283 g/mol. The number of alkyl halides is 3. The summed E-state index contributed by atoms with van der Waals surface area (Å²) >= 11 is 0. The molecule has 0 atom stereocenters. The van der Waals surface area contributed by atoms with Crippen molar-refractivity contribution in [2.24, 2.45) is 0 Å². The molecule has 0 spiro atoms. The molecule has 0 heterocycles. The molecule has 7 heteroatoms. The second kappa shape index (κ2) is 4.84. The molecular weight excluding hydrogens is 275 g/mol. The normalized spacial score (nSPS) is 11.3. The Bertz CT molecular complexity index is 668. The maximum atomic E-state index is 12.9. The van der Waals surface area contributed by atoms with Crippen molar-refractivity contribution in [3.05, 3.63) is 58.1 Å². The average Bonchev–Trinajstić information content (AvgIpc) is 2.38. The predicted molar refractivity (Wildman–Crippen MR) is 65.2 cm³/mol. The third-order valence-corrected chi connectivity index (χ3v) is 2.71. The van der Waals surface area contributed by atoms with Gasteiger partial charge in [0.05, 0.1) is 10.5 Å². The van der Waals surface area contributed by atoms with E-state index in [0.717, 1.165) is 30.3 Å². The number of halogens is 3. The minimum atomic E-state index is -4.62. The number of hydrogen-bond donors (Lipinski definition) is 1. The lowest BCUT2D eigenvalue weighted by Crippen LogP contribution is -2.07. The molecule has 0 fully saturated rings. The van der Waals surface area contributed by atoms with Crippen LogP contribution in [-0.2, 0) is 6.18 Å². The van der Waals surface area contributed by atoms with E-state index in [9.17, 15) is 28.4 Å². The molecule has 20 heavy (non-hydrogen) atoms. The standard InChI is InChI=1S/C13H8F3NO3/c14-13(15,16)11-4-2-1-3-9(11)10-7-8(17(19)20)5-6-12(10)18/h1-7,18H. The summed E-state index contributed by atoms with van der Waals surface area (Å²) in [5.74, 6) is -0.452. The molecule has 104 valence electrons. The number of nitrogens with zero attached hydrogens (tertiary/aromatic N) is 1. The molecule has 0 bridgehead atoms. The van der Waals surface area contributed by atoms with Gasteiger partial charge in [-0.1, -0.05) is 18.2 Å². The zero-order valence-corrected chi connectivity index (χ0v) is 9.89. The molecule has 0 saturated heterocycles. The van der Waals surface area contributed by atoms with Crippen LogP contribution in [0.1, 0.15) is 5.56 Å². The molecule has 0 saturated carbocycles. The number of phenolic OH excluding ortho intramolecular Hbond substituents is 1. The van der Waals surface area contributed by atoms with Crippen molar-refractivity contribution in [1.82, 2.24) is 0 Å². The van der Waals surface area contributed by atoms with E-state index in [1.807, 2.05) is 0 Å². The first-order valence-electron chi connectivity index (χ1n) is 5.44. The van der Waals surface area contributed by atoms with Gasteiger partial charge in [-0.15, -0.1) is 0 Å². The molecule has 0 aliphatic rings. The SMILES string of the molecule is O=[N+]([O-])c1ccc(O)c(-c2ccccc2C(F)(F)F)c1. The van der Waals surface area contributed by atoms with Crippen LogP contribution in [0.5, 0.6) is 5.75 Å². The minimum absolute atomic E-state index is 0.230. The first-order chi connectivity index (χ1) is 9.30. The number of hydrogen-bond acceptors (Lipinski definition) is 3. The van der Waals surface area contributed by atoms with Crippen LogP contribution < -0.4 is 0 Å². The maximum absolute atomic E-state index is 12.9. The molecule has 0 aliphatic carbocycles. The lowest BCUT2D eigenvalue weighted by molar-refractivity contribution is -0.384. The molecule has 2 rings (SSSR count). The van der Waals surface area contributed by atoms with Gasteiger partial charge in [0, 0.05) is 17.7 Å². The van der Waals surface area contributed by atoms with Gasteiger partial charge in [0.25, 0.3) is 5.69 Å². The fourth-order valence-corrected chi connectivity index (χ4v) is 1.82. The smallest absolute Gasteiger partial charge is 0.417 e. The first kappa shape index (κ1) is 13.9. The Morgan fingerprint density at radius 3 is 2.30 bits per heavy atom. The number of phenols is 1. The zero-order chi connectivity index (χ0) is 14.9. The van der Waals surface area contributed by atoms with Crippen molar-refractivity contribution in [2.45, 2.75) is 6.18 Å². The van der Waals surface area contributed by atoms with E-state index in [1.165, 1.54) is 12.1 Å². The van der Waals surface area contributed by atoms with Crippen molar-refractivity contribution in [3.8, 4) is 16.9 Å². The number of non-ortho nitro benzene ring substituents is 1. The second-order valence-electron chi connectivity index (χ2n) is 4.00. The number of aromatic hydroxyl groups is 1. The van der Waals surface area contributed by atoms with Gasteiger partial charge in [-0.2, -0.15) is 13.2 Å². The molecule has 0 amide bonds. The Labute approximate surface area is 111 Å². The molecule has 2 aromatic rings. The summed E-state index contributed by atoms with van der Waals surface area (Å²) in [5, 5.41) is 20.3. The number of benzene rings is 2. The molecule has 0 radical (unpaired) electrons. The van der Waals surface area contributed by atoms with E-state index in [-0.39, 0.29) is 11.1 Å². The Kier molecular flexibility index (Phi) is 3.35. The summed E-state index contributed by atoms with van der Waals surface area (Å²) in [7, 11) is 0. The van der Waals surface area contributed by atoms with E-state index >= 15 is 0 Å². The van der Waals surface area contributed by atoms with Crippen molar-refractivity contribution in [3.63, 3.8) is 0 Å². The van der Waals surface area contributed by atoms with Gasteiger partial charge in [-0.05, 0) is 17.7 Å². The van der Waals surface area contributed by atoms with Gasteiger partial charge in [-0.25, -0.2) is 0 Å². The molecule has 2 aromatic carbocycles. The van der Waals surface area contributed by atoms with E-state index in [4.69, 9.17) is 0 Å². The number of nitro groups is 1. The van der Waals surface area contributed by atoms with Crippen LogP contribution >= 0.6 is 0 Å². The van der Waals surface area contributed by atoms with Crippen LogP contribution in [0.15, 0.2) is 42.5 Å². The average molecular weight is 283 g/mol. The Morgan fingerprint density at radius 2 is 1.70 bits per heavy atom. The molecule has 4 nitrogen and oxygen atoms in total. The highest BCUT2D eigenvalue weighted by molar-refractivity contribution is 5.75. The molecule has 0 aromatic heterocycles. The van der Waals surface area contributed by atoms with E-state index in [0.29, 0.717) is 0 Å². The van der Waals surface area contributed by atoms with Crippen LogP contribution in [0, 0.1) is 10.1 Å². The summed E-state index contributed by atoms with van der Waals surface area (Å²) < 4.78 is 38.7. The molecule has 0 aliphatic heterocycles. The predicted octanol–water partition coefficient (Wildman–Crippen LogP) is 3.99. The highest BCUT2D eigenvalue weighted by atomic mass is 19.4. The number of rotatable bonds is 2. The quantitative estimate of drug-likeness (QED) is 0.669. The van der Waals surface area contributed by atoms with Crippen molar-refractivity contribution >= 4 is 5.69 Å². The summed E-state index contributed by atoms with van der Waals surface area (Å²) in [5.41, 5.74) is -1.89. The van der Waals surface area contributed by atoms with Gasteiger partial charge in [-0.3, -0.25) is 10.1 Å². The van der Waals surface area contributed by atoms with Crippen LogP contribution in [0.25, 0.3) is 11.1 Å². The second-order valence-corrected chi connectivity index (χ2v) is 4.00. The topological polar surface area (TPSA) is 63.4 Å². The van der Waals surface area contributed by atoms with E-state index < -0.39 is 28.1 Å². The van der Waals surface area contributed by atoms with Crippen molar-refractivity contribution in [1.29, 1.82) is 0 Å². The first-order valence-corrected chi connectivity index (χ1v) is 5.44.